The summed E-state index contributed by atoms with van der Waals surface area (Å²) in [5.74, 6) is -1.50. The summed E-state index contributed by atoms with van der Waals surface area (Å²) in [6.07, 6.45) is 0. The van der Waals surface area contributed by atoms with Gasteiger partial charge < -0.3 is 4.74 Å². The molecule has 0 rings (SSSR count). The topological polar surface area (TPSA) is 43.4 Å². The monoisotopic (exact) mass is 172 g/mol. The van der Waals surface area contributed by atoms with E-state index in [4.69, 9.17) is 0 Å². The first-order valence-corrected chi connectivity index (χ1v) is 2.71. The van der Waals surface area contributed by atoms with Crippen LogP contribution in [0.5, 0.6) is 0 Å². The molecular weight excluding hydrogens is 160 g/mol. The molecule has 0 atom stereocenters. The average Bonchev–Trinajstić information content (AvgIpc) is 1.84. The predicted molar refractivity (Wildman–Crippen MR) is 40.4 cm³/mol. The first-order chi connectivity index (χ1) is 4.09. The number of rotatable bonds is 2. The normalized spacial score (nSPS) is 8.40. The standard InChI is InChI=1S/C6H10O3.Ca.2H/c1-4(2)5(7)6(8)9-3;;;/h4H,1-3H3;;;. The summed E-state index contributed by atoms with van der Waals surface area (Å²) in [5, 5.41) is 0. The summed E-state index contributed by atoms with van der Waals surface area (Å²) in [7, 11) is 1.20. The molecule has 10 heavy (non-hydrogen) atoms. The van der Waals surface area contributed by atoms with Crippen LogP contribution in [0.4, 0.5) is 0 Å². The molecule has 0 aromatic carbocycles. The Balaban J connectivity index is 0. The number of hydrogen-bond acceptors (Lipinski definition) is 3. The molecule has 0 heterocycles. The first kappa shape index (κ1) is 13.0. The summed E-state index contributed by atoms with van der Waals surface area (Å²) in [6.45, 7) is 3.30. The van der Waals surface area contributed by atoms with Gasteiger partial charge in [-0.3, -0.25) is 4.79 Å². The molecule has 0 bridgehead atoms. The number of Topliss-reactive ketones (excluding diaryl/α,β-unsaturated/α-hetero) is 1. The van der Waals surface area contributed by atoms with Gasteiger partial charge in [0.05, 0.1) is 7.11 Å². The summed E-state index contributed by atoms with van der Waals surface area (Å²) in [5.41, 5.74) is 0. The summed E-state index contributed by atoms with van der Waals surface area (Å²) < 4.78 is 4.18. The maximum atomic E-state index is 10.6. The van der Waals surface area contributed by atoms with Crippen LogP contribution in [0.2, 0.25) is 0 Å². The van der Waals surface area contributed by atoms with Crippen molar-refractivity contribution in [2.75, 3.05) is 7.11 Å². The van der Waals surface area contributed by atoms with Gasteiger partial charge in [-0.1, -0.05) is 13.8 Å². The Labute approximate surface area is 90.1 Å². The minimum absolute atomic E-state index is 0. The first-order valence-electron chi connectivity index (χ1n) is 2.71. The van der Waals surface area contributed by atoms with Gasteiger partial charge in [-0.15, -0.1) is 0 Å². The van der Waals surface area contributed by atoms with Crippen molar-refractivity contribution < 1.29 is 14.3 Å². The van der Waals surface area contributed by atoms with Gasteiger partial charge in [0.1, 0.15) is 0 Å². The van der Waals surface area contributed by atoms with Crippen LogP contribution < -0.4 is 0 Å². The van der Waals surface area contributed by atoms with Crippen LogP contribution in [0.25, 0.3) is 0 Å². The molecule has 4 heteroatoms. The number of carbonyl (C=O) groups excluding carboxylic acids is 2. The maximum absolute atomic E-state index is 10.6. The third kappa shape index (κ3) is 4.25. The Morgan fingerprint density at radius 2 is 1.70 bits per heavy atom. The molecular formula is C6H12CaO3. The fourth-order valence-electron chi connectivity index (χ4n) is 0.336. The van der Waals surface area contributed by atoms with E-state index in [1.54, 1.807) is 13.8 Å². The van der Waals surface area contributed by atoms with Crippen molar-refractivity contribution in [2.24, 2.45) is 5.92 Å². The van der Waals surface area contributed by atoms with E-state index in [0.717, 1.165) is 0 Å². The molecule has 56 valence electrons. The Hall–Kier alpha value is 0.400. The van der Waals surface area contributed by atoms with Gasteiger partial charge in [-0.05, 0) is 0 Å². The van der Waals surface area contributed by atoms with Crippen molar-refractivity contribution in [3.8, 4) is 0 Å². The molecule has 0 fully saturated rings. The van der Waals surface area contributed by atoms with Crippen LogP contribution in [0.3, 0.4) is 0 Å². The molecule has 0 aliphatic carbocycles. The van der Waals surface area contributed by atoms with E-state index < -0.39 is 11.8 Å². The number of hydrogen-bond donors (Lipinski definition) is 0. The number of ketones is 1. The zero-order chi connectivity index (χ0) is 7.44. The molecule has 3 nitrogen and oxygen atoms in total. The number of methoxy groups -OCH3 is 1. The quantitative estimate of drug-likeness (QED) is 0.319. The van der Waals surface area contributed by atoms with E-state index in [1.165, 1.54) is 7.11 Å². The van der Waals surface area contributed by atoms with Crippen molar-refractivity contribution >= 4 is 49.5 Å². The van der Waals surface area contributed by atoms with Crippen LogP contribution in [0.1, 0.15) is 13.8 Å². The molecule has 0 saturated carbocycles. The van der Waals surface area contributed by atoms with E-state index >= 15 is 0 Å². The summed E-state index contributed by atoms with van der Waals surface area (Å²) in [6, 6.07) is 0. The van der Waals surface area contributed by atoms with E-state index in [-0.39, 0.29) is 43.7 Å². The average molecular weight is 172 g/mol. The molecule has 0 unspecified atom stereocenters. The van der Waals surface area contributed by atoms with Gasteiger partial charge in [0, 0.05) is 5.92 Å². The molecule has 0 aromatic heterocycles. The molecule has 0 spiro atoms. The van der Waals surface area contributed by atoms with Crippen molar-refractivity contribution in [1.82, 2.24) is 0 Å². The Morgan fingerprint density at radius 1 is 1.30 bits per heavy atom. The van der Waals surface area contributed by atoms with Crippen LogP contribution in [0.15, 0.2) is 0 Å². The Morgan fingerprint density at radius 3 is 1.80 bits per heavy atom. The van der Waals surface area contributed by atoms with Crippen LogP contribution in [-0.2, 0) is 14.3 Å². The van der Waals surface area contributed by atoms with Gasteiger partial charge in [0.2, 0.25) is 5.78 Å². The fraction of sp³-hybridized carbons (Fsp3) is 0.667. The van der Waals surface area contributed by atoms with Crippen LogP contribution in [0, 0.1) is 5.92 Å². The second kappa shape index (κ2) is 6.13. The van der Waals surface area contributed by atoms with Gasteiger partial charge in [-0.25, -0.2) is 4.79 Å². The third-order valence-corrected chi connectivity index (χ3v) is 0.911. The van der Waals surface area contributed by atoms with Crippen molar-refractivity contribution in [3.05, 3.63) is 0 Å². The Bertz CT molecular complexity index is 131. The van der Waals surface area contributed by atoms with Gasteiger partial charge in [0.15, 0.2) is 0 Å². The zero-order valence-corrected chi connectivity index (χ0v) is 5.80. The molecule has 0 aliphatic heterocycles. The minimum atomic E-state index is -0.759. The molecule has 0 aromatic rings. The molecule has 0 amide bonds. The molecule has 0 saturated heterocycles. The zero-order valence-electron chi connectivity index (χ0n) is 5.80. The Kier molecular flexibility index (Phi) is 7.99. The summed E-state index contributed by atoms with van der Waals surface area (Å²) in [4.78, 5) is 21.0. The van der Waals surface area contributed by atoms with E-state index in [1.807, 2.05) is 0 Å². The molecule has 0 N–H and O–H groups in total. The fourth-order valence-corrected chi connectivity index (χ4v) is 0.336. The summed E-state index contributed by atoms with van der Waals surface area (Å²) >= 11 is 0. The molecule has 0 radical (unpaired) electrons. The van der Waals surface area contributed by atoms with Crippen LogP contribution in [-0.4, -0.2) is 56.6 Å². The number of esters is 1. The SMILES string of the molecule is COC(=O)C(=O)C(C)C.[CaH2]. The van der Waals surface area contributed by atoms with Gasteiger partial charge in [0.25, 0.3) is 0 Å². The van der Waals surface area contributed by atoms with Gasteiger partial charge >= 0.3 is 43.7 Å². The number of carbonyl (C=O) groups is 2. The van der Waals surface area contributed by atoms with Crippen LogP contribution >= 0.6 is 0 Å². The van der Waals surface area contributed by atoms with E-state index in [0.29, 0.717) is 0 Å². The van der Waals surface area contributed by atoms with E-state index in [2.05, 4.69) is 4.74 Å². The third-order valence-electron chi connectivity index (χ3n) is 0.911. The second-order valence-electron chi connectivity index (χ2n) is 2.01. The van der Waals surface area contributed by atoms with Crippen molar-refractivity contribution in [2.45, 2.75) is 13.8 Å². The molecule has 0 aliphatic rings. The second-order valence-corrected chi connectivity index (χ2v) is 2.01. The van der Waals surface area contributed by atoms with Crippen molar-refractivity contribution in [1.29, 1.82) is 0 Å². The van der Waals surface area contributed by atoms with E-state index in [9.17, 15) is 9.59 Å². The predicted octanol–water partition coefficient (Wildman–Crippen LogP) is -0.532. The van der Waals surface area contributed by atoms with Crippen molar-refractivity contribution in [3.63, 3.8) is 0 Å². The number of ether oxygens (including phenoxy) is 1. The van der Waals surface area contributed by atoms with Gasteiger partial charge in [-0.2, -0.15) is 0 Å².